The Kier molecular flexibility index (Phi) is 6.19. The zero-order valence-corrected chi connectivity index (χ0v) is 17.3. The molecule has 0 N–H and O–H groups in total. The van der Waals surface area contributed by atoms with Crippen LogP contribution in [0.5, 0.6) is 0 Å². The largest absolute Gasteiger partial charge is 0.342 e. The van der Waals surface area contributed by atoms with Gasteiger partial charge in [0.25, 0.3) is 0 Å². The van der Waals surface area contributed by atoms with E-state index < -0.39 is 0 Å². The van der Waals surface area contributed by atoms with E-state index in [0.717, 1.165) is 38.0 Å². The number of benzene rings is 1. The quantitative estimate of drug-likeness (QED) is 0.754. The van der Waals surface area contributed by atoms with Crippen molar-refractivity contribution in [3.63, 3.8) is 0 Å². The second-order valence-electron chi connectivity index (χ2n) is 8.16. The number of imidazole rings is 1. The van der Waals surface area contributed by atoms with Gasteiger partial charge >= 0.3 is 0 Å². The molecule has 2 aromatic rings. The van der Waals surface area contributed by atoms with Gasteiger partial charge < -0.3 is 14.4 Å². The molecule has 2 aliphatic rings. The SMILES string of the molecule is O=C1CC[C@@H](C(=O)N2CCC(Cn3ccnc3)CC2)CN1Cc1ccc(Cl)cc1. The summed E-state index contributed by atoms with van der Waals surface area (Å²) in [6, 6.07) is 7.54. The van der Waals surface area contributed by atoms with Crippen molar-refractivity contribution in [3.05, 3.63) is 53.6 Å². The summed E-state index contributed by atoms with van der Waals surface area (Å²) >= 11 is 5.95. The molecule has 6 nitrogen and oxygen atoms in total. The predicted molar refractivity (Wildman–Crippen MR) is 111 cm³/mol. The second-order valence-corrected chi connectivity index (χ2v) is 8.60. The van der Waals surface area contributed by atoms with Crippen molar-refractivity contribution in [3.8, 4) is 0 Å². The lowest BCUT2D eigenvalue weighted by Gasteiger charge is -2.38. The first-order valence-corrected chi connectivity index (χ1v) is 10.7. The Balaban J connectivity index is 1.30. The molecule has 2 fully saturated rings. The van der Waals surface area contributed by atoms with Crippen molar-refractivity contribution >= 4 is 23.4 Å². The van der Waals surface area contributed by atoms with Crippen LogP contribution in [0.1, 0.15) is 31.2 Å². The Morgan fingerprint density at radius 3 is 2.59 bits per heavy atom. The summed E-state index contributed by atoms with van der Waals surface area (Å²) in [5, 5.41) is 0.684. The van der Waals surface area contributed by atoms with Crippen LogP contribution in [-0.2, 0) is 22.7 Å². The van der Waals surface area contributed by atoms with Crippen molar-refractivity contribution in [1.82, 2.24) is 19.4 Å². The predicted octanol–water partition coefficient (Wildman–Crippen LogP) is 3.21. The molecule has 1 atom stereocenters. The third kappa shape index (κ3) is 4.99. The summed E-state index contributed by atoms with van der Waals surface area (Å²) in [7, 11) is 0. The average Bonchev–Trinajstić information content (AvgIpc) is 3.24. The van der Waals surface area contributed by atoms with Gasteiger partial charge in [-0.25, -0.2) is 4.98 Å². The molecule has 0 aliphatic carbocycles. The third-order valence-electron chi connectivity index (χ3n) is 6.09. The first-order valence-electron chi connectivity index (χ1n) is 10.4. The van der Waals surface area contributed by atoms with Gasteiger partial charge in [0, 0.05) is 56.6 Å². The molecular formula is C22H27ClN4O2. The minimum Gasteiger partial charge on any atom is -0.342 e. The molecule has 0 unspecified atom stereocenters. The molecule has 154 valence electrons. The van der Waals surface area contributed by atoms with Gasteiger partial charge in [-0.3, -0.25) is 9.59 Å². The lowest BCUT2D eigenvalue weighted by atomic mass is 9.92. The molecule has 2 aliphatic heterocycles. The Morgan fingerprint density at radius 2 is 1.90 bits per heavy atom. The summed E-state index contributed by atoms with van der Waals surface area (Å²) in [6.45, 7) is 3.62. The number of hydrogen-bond acceptors (Lipinski definition) is 3. The molecular weight excluding hydrogens is 388 g/mol. The van der Waals surface area contributed by atoms with Crippen LogP contribution in [0.25, 0.3) is 0 Å². The third-order valence-corrected chi connectivity index (χ3v) is 6.34. The molecule has 2 saturated heterocycles. The average molecular weight is 415 g/mol. The van der Waals surface area contributed by atoms with E-state index in [2.05, 4.69) is 9.55 Å². The van der Waals surface area contributed by atoms with Crippen LogP contribution in [0.3, 0.4) is 0 Å². The summed E-state index contributed by atoms with van der Waals surface area (Å²) in [5.41, 5.74) is 1.04. The number of aromatic nitrogens is 2. The van der Waals surface area contributed by atoms with Crippen LogP contribution in [0.2, 0.25) is 5.02 Å². The van der Waals surface area contributed by atoms with Gasteiger partial charge in [0.05, 0.1) is 12.2 Å². The number of halogens is 1. The van der Waals surface area contributed by atoms with E-state index >= 15 is 0 Å². The van der Waals surface area contributed by atoms with Crippen LogP contribution >= 0.6 is 11.6 Å². The van der Waals surface area contributed by atoms with Crippen molar-refractivity contribution in [2.24, 2.45) is 11.8 Å². The van der Waals surface area contributed by atoms with Gasteiger partial charge in [0.2, 0.25) is 11.8 Å². The fourth-order valence-corrected chi connectivity index (χ4v) is 4.49. The number of rotatable bonds is 5. The molecule has 0 saturated carbocycles. The Hall–Kier alpha value is -2.34. The first-order chi connectivity index (χ1) is 14.1. The number of piperidine rings is 2. The Morgan fingerprint density at radius 1 is 1.14 bits per heavy atom. The van der Waals surface area contributed by atoms with E-state index in [1.54, 1.807) is 6.20 Å². The van der Waals surface area contributed by atoms with Gasteiger partial charge in [-0.2, -0.15) is 0 Å². The molecule has 0 bridgehead atoms. The van der Waals surface area contributed by atoms with Gasteiger partial charge in [0.1, 0.15) is 0 Å². The normalized spacial score (nSPS) is 20.9. The van der Waals surface area contributed by atoms with Crippen molar-refractivity contribution in [1.29, 1.82) is 0 Å². The lowest BCUT2D eigenvalue weighted by Crippen LogP contribution is -2.48. The molecule has 1 aromatic heterocycles. The van der Waals surface area contributed by atoms with Gasteiger partial charge in [0.15, 0.2) is 0 Å². The highest BCUT2D eigenvalue weighted by atomic mass is 35.5. The maximum Gasteiger partial charge on any atom is 0.227 e. The summed E-state index contributed by atoms with van der Waals surface area (Å²) in [4.78, 5) is 33.4. The molecule has 29 heavy (non-hydrogen) atoms. The fourth-order valence-electron chi connectivity index (χ4n) is 4.37. The van der Waals surface area contributed by atoms with Gasteiger partial charge in [-0.15, -0.1) is 0 Å². The molecule has 7 heteroatoms. The van der Waals surface area contributed by atoms with Gasteiger partial charge in [-0.1, -0.05) is 23.7 Å². The standard InChI is InChI=1S/C22H27ClN4O2/c23-20-4-1-17(2-5-20)14-27-15-19(3-6-21(27)28)22(29)26-10-7-18(8-11-26)13-25-12-9-24-16-25/h1-2,4-5,9,12,16,18-19H,3,6-8,10-11,13-15H2/t19-/m1/s1. The van der Waals surface area contributed by atoms with Crippen molar-refractivity contribution < 1.29 is 9.59 Å². The monoisotopic (exact) mass is 414 g/mol. The fraction of sp³-hybridized carbons (Fsp3) is 0.500. The van der Waals surface area contributed by atoms with E-state index in [-0.39, 0.29) is 17.7 Å². The first kappa shape index (κ1) is 20.0. The minimum absolute atomic E-state index is 0.0924. The summed E-state index contributed by atoms with van der Waals surface area (Å²) in [6.07, 6.45) is 8.79. The summed E-state index contributed by atoms with van der Waals surface area (Å²) in [5.74, 6) is 0.829. The van der Waals surface area contributed by atoms with Crippen LogP contribution < -0.4 is 0 Å². The number of carbonyl (C=O) groups is 2. The maximum atomic E-state index is 13.1. The zero-order valence-electron chi connectivity index (χ0n) is 16.5. The van der Waals surface area contributed by atoms with E-state index in [1.165, 1.54) is 0 Å². The van der Waals surface area contributed by atoms with E-state index in [4.69, 9.17) is 11.6 Å². The lowest BCUT2D eigenvalue weighted by molar-refractivity contribution is -0.144. The number of nitrogens with zero attached hydrogens (tertiary/aromatic N) is 4. The Labute approximate surface area is 176 Å². The highest BCUT2D eigenvalue weighted by Crippen LogP contribution is 2.25. The molecule has 3 heterocycles. The maximum absolute atomic E-state index is 13.1. The van der Waals surface area contributed by atoms with Crippen LogP contribution in [0, 0.1) is 11.8 Å². The number of hydrogen-bond donors (Lipinski definition) is 0. The van der Waals surface area contributed by atoms with Crippen LogP contribution in [0.4, 0.5) is 0 Å². The molecule has 1 aromatic carbocycles. The smallest absolute Gasteiger partial charge is 0.227 e. The topological polar surface area (TPSA) is 58.4 Å². The number of amides is 2. The highest BCUT2D eigenvalue weighted by molar-refractivity contribution is 6.30. The van der Waals surface area contributed by atoms with Crippen molar-refractivity contribution in [2.45, 2.75) is 38.8 Å². The van der Waals surface area contributed by atoms with Crippen molar-refractivity contribution in [2.75, 3.05) is 19.6 Å². The van der Waals surface area contributed by atoms with E-state index in [0.29, 0.717) is 36.9 Å². The van der Waals surface area contributed by atoms with Gasteiger partial charge in [-0.05, 0) is 42.9 Å². The molecule has 0 spiro atoms. The number of likely N-dealkylation sites (tertiary alicyclic amines) is 2. The molecule has 4 rings (SSSR count). The zero-order chi connectivity index (χ0) is 20.2. The Bertz CT molecular complexity index is 829. The van der Waals surface area contributed by atoms with Crippen LogP contribution in [-0.4, -0.2) is 50.8 Å². The second kappa shape index (κ2) is 8.99. The van der Waals surface area contributed by atoms with E-state index in [9.17, 15) is 9.59 Å². The minimum atomic E-state index is -0.0924. The molecule has 2 amide bonds. The van der Waals surface area contributed by atoms with Crippen LogP contribution in [0.15, 0.2) is 43.0 Å². The summed E-state index contributed by atoms with van der Waals surface area (Å²) < 4.78 is 2.11. The number of carbonyl (C=O) groups excluding carboxylic acids is 2. The highest BCUT2D eigenvalue weighted by Gasteiger charge is 2.34. The van der Waals surface area contributed by atoms with E-state index in [1.807, 2.05) is 46.6 Å². The molecule has 0 radical (unpaired) electrons.